The summed E-state index contributed by atoms with van der Waals surface area (Å²) in [6, 6.07) is -2.64. The van der Waals surface area contributed by atoms with Gasteiger partial charge in [-0.2, -0.15) is 13.5 Å². The van der Waals surface area contributed by atoms with Gasteiger partial charge in [0, 0.05) is 5.38 Å². The first kappa shape index (κ1) is 24.0. The molecule has 178 valence electrons. The zero-order valence-corrected chi connectivity index (χ0v) is 18.6. The molecule has 0 spiro atoms. The lowest BCUT2D eigenvalue weighted by Gasteiger charge is -2.43. The Kier molecular flexibility index (Phi) is 6.34. The Morgan fingerprint density at radius 1 is 1.42 bits per heavy atom. The molecule has 1 fully saturated rings. The van der Waals surface area contributed by atoms with E-state index in [-0.39, 0.29) is 21.7 Å². The third-order valence-electron chi connectivity index (χ3n) is 4.40. The van der Waals surface area contributed by atoms with Crippen LogP contribution in [-0.2, 0) is 36.1 Å². The number of nitrogens with zero attached hydrogens (tertiary/aromatic N) is 6. The predicted octanol–water partition coefficient (Wildman–Crippen LogP) is -1.90. The minimum Gasteiger partial charge on any atom is -0.478 e. The van der Waals surface area contributed by atoms with E-state index in [9.17, 15) is 32.5 Å². The third kappa shape index (κ3) is 5.07. The Morgan fingerprint density at radius 3 is 2.64 bits per heavy atom. The maximum atomic E-state index is 12.9. The second-order valence-electron chi connectivity index (χ2n) is 7.17. The van der Waals surface area contributed by atoms with Crippen molar-refractivity contribution in [3.05, 3.63) is 23.7 Å². The molecule has 2 amide bonds. The largest absolute Gasteiger partial charge is 0.478 e. The van der Waals surface area contributed by atoms with E-state index in [0.29, 0.717) is 0 Å². The van der Waals surface area contributed by atoms with Crippen molar-refractivity contribution in [2.75, 3.05) is 5.73 Å². The number of carbonyl (C=O) groups excluding carboxylic acids is 2. The molecule has 0 saturated carbocycles. The summed E-state index contributed by atoms with van der Waals surface area (Å²) in [6.07, 6.45) is 2.42. The summed E-state index contributed by atoms with van der Waals surface area (Å²) < 4.78 is 34.0. The first-order chi connectivity index (χ1) is 15.3. The van der Waals surface area contributed by atoms with Crippen LogP contribution in [0.3, 0.4) is 0 Å². The maximum Gasteiger partial charge on any atom is 0.362 e. The molecular weight excluding hydrogens is 484 g/mol. The number of carboxylic acid groups (broad SMARTS) is 1. The number of amides is 2. The minimum atomic E-state index is -4.92. The maximum absolute atomic E-state index is 12.9. The monoisotopic (exact) mass is 502 g/mol. The van der Waals surface area contributed by atoms with Gasteiger partial charge in [0.1, 0.15) is 24.4 Å². The number of hydrogen-bond donors (Lipinski definition) is 4. The van der Waals surface area contributed by atoms with Gasteiger partial charge in [-0.3, -0.25) is 18.8 Å². The fraction of sp³-hybridized carbons (Fsp3) is 0.400. The highest BCUT2D eigenvalue weighted by molar-refractivity contribution is 7.84. The van der Waals surface area contributed by atoms with Crippen LogP contribution in [0.2, 0.25) is 0 Å². The van der Waals surface area contributed by atoms with E-state index in [4.69, 9.17) is 10.6 Å². The molecule has 1 aliphatic rings. The molecule has 0 aliphatic carbocycles. The number of nitrogen functional groups attached to an aromatic ring is 1. The molecule has 0 radical (unpaired) electrons. The second-order valence-corrected chi connectivity index (χ2v) is 9.34. The van der Waals surface area contributed by atoms with Crippen molar-refractivity contribution in [1.29, 1.82) is 0 Å². The number of anilines is 1. The molecule has 3 heterocycles. The average Bonchev–Trinajstić information content (AvgIpc) is 3.36. The lowest BCUT2D eigenvalue weighted by Crippen LogP contribution is -2.73. The highest BCUT2D eigenvalue weighted by atomic mass is 32.2. The highest BCUT2D eigenvalue weighted by Crippen LogP contribution is 2.25. The summed E-state index contributed by atoms with van der Waals surface area (Å²) in [4.78, 5) is 49.2. The number of carbonyl (C=O) groups is 3. The van der Waals surface area contributed by atoms with E-state index in [0.717, 1.165) is 11.3 Å². The summed E-state index contributed by atoms with van der Waals surface area (Å²) in [5.41, 5.74) is 3.21. The third-order valence-corrected chi connectivity index (χ3v) is 6.03. The van der Waals surface area contributed by atoms with Crippen LogP contribution in [-0.4, -0.2) is 83.3 Å². The summed E-state index contributed by atoms with van der Waals surface area (Å²) in [5.74, 6) is -3.51. The van der Waals surface area contributed by atoms with Gasteiger partial charge in [-0.1, -0.05) is 5.16 Å². The minimum absolute atomic E-state index is 0.0672. The van der Waals surface area contributed by atoms with Crippen molar-refractivity contribution in [3.8, 4) is 0 Å². The molecule has 2 aromatic rings. The fourth-order valence-electron chi connectivity index (χ4n) is 2.67. The Balaban J connectivity index is 1.88. The number of β-lactam (4-membered cyclic amide) rings is 1. The summed E-state index contributed by atoms with van der Waals surface area (Å²) in [7, 11) is -4.92. The van der Waals surface area contributed by atoms with Gasteiger partial charge in [-0.15, -0.1) is 11.3 Å². The Hall–Kier alpha value is -3.64. The van der Waals surface area contributed by atoms with Crippen LogP contribution in [0, 0.1) is 0 Å². The van der Waals surface area contributed by atoms with Gasteiger partial charge in [0.15, 0.2) is 10.8 Å². The number of thiazole rings is 1. The summed E-state index contributed by atoms with van der Waals surface area (Å²) in [6.45, 7) is 2.16. The van der Waals surface area contributed by atoms with Crippen LogP contribution < -0.4 is 11.1 Å². The van der Waals surface area contributed by atoms with E-state index in [1.54, 1.807) is 0 Å². The number of hydrogen-bond acceptors (Lipinski definition) is 12. The molecule has 3 rings (SSSR count). The fourth-order valence-corrected chi connectivity index (χ4v) is 4.09. The number of carboxylic acids is 1. The molecule has 0 aromatic carbocycles. The molecule has 2 aromatic heterocycles. The first-order valence-electron chi connectivity index (χ1n) is 8.96. The molecule has 1 aliphatic heterocycles. The quantitative estimate of drug-likeness (QED) is 0.127. The SMILES string of the molecule is CC(C)(ON=C(C(=O)N[C@@H]1C(=O)N(S(=O)(=O)O)[C@H]1Cn1cncn1)c1csc(N)n1)C(=O)O. The van der Waals surface area contributed by atoms with Gasteiger partial charge in [0.25, 0.3) is 11.8 Å². The lowest BCUT2D eigenvalue weighted by atomic mass is 9.98. The van der Waals surface area contributed by atoms with E-state index in [1.807, 2.05) is 0 Å². The van der Waals surface area contributed by atoms with Crippen LogP contribution in [0.25, 0.3) is 0 Å². The number of rotatable bonds is 9. The standard InChI is InChI=1S/C15H18N8O8S2/c1-15(2,13(26)27)31-21-9(7-4-32-14(16)19-7)11(24)20-10-8(3-22-6-17-5-18-22)23(12(10)25)33(28,29)30/h4-6,8,10H,3H2,1-2H3,(H2,16,19)(H,20,24)(H,26,27)(H,28,29,30)/t8-,10-/m0/s1. The van der Waals surface area contributed by atoms with Gasteiger partial charge < -0.3 is 21.0 Å². The molecule has 18 heteroatoms. The summed E-state index contributed by atoms with van der Waals surface area (Å²) in [5, 5.41) is 20.3. The smallest absolute Gasteiger partial charge is 0.362 e. The van der Waals surface area contributed by atoms with Gasteiger partial charge in [-0.25, -0.2) is 19.1 Å². The molecule has 33 heavy (non-hydrogen) atoms. The molecule has 0 unspecified atom stereocenters. The molecule has 2 atom stereocenters. The van der Waals surface area contributed by atoms with E-state index >= 15 is 0 Å². The zero-order chi connectivity index (χ0) is 24.6. The molecule has 16 nitrogen and oxygen atoms in total. The Bertz CT molecular complexity index is 1210. The van der Waals surface area contributed by atoms with Crippen molar-refractivity contribution >= 4 is 50.3 Å². The van der Waals surface area contributed by atoms with Gasteiger partial charge in [-0.05, 0) is 13.8 Å². The van der Waals surface area contributed by atoms with Crippen LogP contribution in [0.5, 0.6) is 0 Å². The Labute approximate surface area is 189 Å². The van der Waals surface area contributed by atoms with Crippen molar-refractivity contribution in [3.63, 3.8) is 0 Å². The van der Waals surface area contributed by atoms with E-state index in [2.05, 4.69) is 25.5 Å². The summed E-state index contributed by atoms with van der Waals surface area (Å²) >= 11 is 0.964. The van der Waals surface area contributed by atoms with Crippen LogP contribution in [0.4, 0.5) is 5.13 Å². The second kappa shape index (κ2) is 8.71. The Morgan fingerprint density at radius 2 is 2.12 bits per heavy atom. The van der Waals surface area contributed by atoms with Crippen molar-refractivity contribution in [1.82, 2.24) is 29.4 Å². The number of nitrogens with two attached hydrogens (primary N) is 1. The molecular formula is C15H18N8O8S2. The van der Waals surface area contributed by atoms with Crippen LogP contribution >= 0.6 is 11.3 Å². The van der Waals surface area contributed by atoms with Crippen molar-refractivity contribution in [2.24, 2.45) is 5.16 Å². The predicted molar refractivity (Wildman–Crippen MR) is 110 cm³/mol. The van der Waals surface area contributed by atoms with E-state index < -0.39 is 51.5 Å². The van der Waals surface area contributed by atoms with Crippen molar-refractivity contribution < 1.29 is 37.3 Å². The van der Waals surface area contributed by atoms with Crippen LogP contribution in [0.15, 0.2) is 23.2 Å². The van der Waals surface area contributed by atoms with Gasteiger partial charge in [0.2, 0.25) is 5.60 Å². The number of aliphatic carboxylic acids is 1. The highest BCUT2D eigenvalue weighted by Gasteiger charge is 2.54. The average molecular weight is 502 g/mol. The number of aromatic nitrogens is 4. The lowest BCUT2D eigenvalue weighted by molar-refractivity contribution is -0.161. The van der Waals surface area contributed by atoms with Gasteiger partial charge in [0.05, 0.1) is 12.6 Å². The topological polar surface area (TPSA) is 232 Å². The zero-order valence-electron chi connectivity index (χ0n) is 17.0. The molecule has 5 N–H and O–H groups in total. The normalized spacial score (nSPS) is 19.2. The van der Waals surface area contributed by atoms with Gasteiger partial charge >= 0.3 is 16.3 Å². The first-order valence-corrected chi connectivity index (χ1v) is 11.2. The van der Waals surface area contributed by atoms with Crippen molar-refractivity contribution in [2.45, 2.75) is 38.1 Å². The number of oxime groups is 1. The number of nitrogens with one attached hydrogen (secondary N) is 1. The molecule has 0 bridgehead atoms. The van der Waals surface area contributed by atoms with Crippen LogP contribution in [0.1, 0.15) is 19.5 Å². The van der Waals surface area contributed by atoms with E-state index in [1.165, 1.54) is 36.6 Å². The molecule has 1 saturated heterocycles.